The zero-order valence-corrected chi connectivity index (χ0v) is 9.61. The van der Waals surface area contributed by atoms with Crippen LogP contribution in [0.2, 0.25) is 0 Å². The van der Waals surface area contributed by atoms with Gasteiger partial charge >= 0.3 is 0 Å². The summed E-state index contributed by atoms with van der Waals surface area (Å²) in [5.41, 5.74) is 5.57. The van der Waals surface area contributed by atoms with Crippen molar-refractivity contribution in [3.05, 3.63) is 0 Å². The number of amides is 2. The fraction of sp³-hybridized carbons (Fsp3) is 0.818. The molecule has 0 bridgehead atoms. The molecule has 5 nitrogen and oxygen atoms in total. The van der Waals surface area contributed by atoms with Gasteiger partial charge in [-0.05, 0) is 32.6 Å². The van der Waals surface area contributed by atoms with Crippen molar-refractivity contribution in [1.29, 1.82) is 0 Å². The van der Waals surface area contributed by atoms with E-state index in [0.29, 0.717) is 12.6 Å². The van der Waals surface area contributed by atoms with Crippen molar-refractivity contribution >= 4 is 11.8 Å². The summed E-state index contributed by atoms with van der Waals surface area (Å²) >= 11 is 0. The topological polar surface area (TPSA) is 75.4 Å². The second kappa shape index (κ2) is 4.41. The van der Waals surface area contributed by atoms with E-state index < -0.39 is 6.04 Å². The van der Waals surface area contributed by atoms with Gasteiger partial charge in [0.25, 0.3) is 0 Å². The third-order valence-corrected chi connectivity index (χ3v) is 3.15. The minimum atomic E-state index is -0.519. The number of nitrogens with two attached hydrogens (primary N) is 1. The molecule has 2 fully saturated rings. The largest absolute Gasteiger partial charge is 0.352 e. The summed E-state index contributed by atoms with van der Waals surface area (Å²) in [5.74, 6) is -0.123. The molecule has 2 rings (SSSR count). The van der Waals surface area contributed by atoms with Crippen LogP contribution in [0, 0.1) is 0 Å². The van der Waals surface area contributed by atoms with Gasteiger partial charge in [0.2, 0.25) is 11.8 Å². The smallest absolute Gasteiger partial charge is 0.243 e. The summed E-state index contributed by atoms with van der Waals surface area (Å²) < 4.78 is 0. The average Bonchev–Trinajstić information content (AvgIpc) is 2.91. The van der Waals surface area contributed by atoms with Crippen molar-refractivity contribution in [3.8, 4) is 0 Å². The van der Waals surface area contributed by atoms with Gasteiger partial charge < -0.3 is 16.0 Å². The molecule has 1 aliphatic carbocycles. The molecule has 2 atom stereocenters. The second-order valence-electron chi connectivity index (χ2n) is 4.76. The SMILES string of the molecule is CC(N)C(=O)N1CCCC1C(=O)NC1CC1. The Hall–Kier alpha value is -1.10. The molecule has 2 amide bonds. The van der Waals surface area contributed by atoms with E-state index in [1.807, 2.05) is 0 Å². The average molecular weight is 225 g/mol. The van der Waals surface area contributed by atoms with Gasteiger partial charge in [-0.1, -0.05) is 0 Å². The van der Waals surface area contributed by atoms with Gasteiger partial charge in [0.05, 0.1) is 6.04 Å². The maximum atomic E-state index is 11.9. The Balaban J connectivity index is 1.96. The molecule has 2 aliphatic rings. The fourth-order valence-corrected chi connectivity index (χ4v) is 2.09. The lowest BCUT2D eigenvalue weighted by Crippen LogP contribution is -2.50. The van der Waals surface area contributed by atoms with E-state index in [-0.39, 0.29) is 17.9 Å². The zero-order chi connectivity index (χ0) is 11.7. The molecule has 0 aromatic rings. The molecule has 5 heteroatoms. The maximum absolute atomic E-state index is 11.9. The Kier molecular flexibility index (Phi) is 3.14. The monoisotopic (exact) mass is 225 g/mol. The van der Waals surface area contributed by atoms with Gasteiger partial charge in [0, 0.05) is 12.6 Å². The van der Waals surface area contributed by atoms with Crippen LogP contribution in [-0.4, -0.2) is 41.4 Å². The Morgan fingerprint density at radius 1 is 1.38 bits per heavy atom. The van der Waals surface area contributed by atoms with Crippen molar-refractivity contribution in [1.82, 2.24) is 10.2 Å². The van der Waals surface area contributed by atoms with E-state index in [1.165, 1.54) is 0 Å². The second-order valence-corrected chi connectivity index (χ2v) is 4.76. The van der Waals surface area contributed by atoms with E-state index in [2.05, 4.69) is 5.32 Å². The molecular formula is C11H19N3O2. The first-order valence-corrected chi connectivity index (χ1v) is 5.96. The molecule has 3 N–H and O–H groups in total. The first kappa shape index (κ1) is 11.4. The zero-order valence-electron chi connectivity index (χ0n) is 9.61. The van der Waals surface area contributed by atoms with Crippen LogP contribution in [0.1, 0.15) is 32.6 Å². The van der Waals surface area contributed by atoms with E-state index in [0.717, 1.165) is 25.7 Å². The normalized spacial score (nSPS) is 26.6. The van der Waals surface area contributed by atoms with Crippen LogP contribution in [-0.2, 0) is 9.59 Å². The Morgan fingerprint density at radius 3 is 2.62 bits per heavy atom. The minimum Gasteiger partial charge on any atom is -0.352 e. The number of rotatable bonds is 3. The molecule has 1 aliphatic heterocycles. The quantitative estimate of drug-likeness (QED) is 0.686. The van der Waals surface area contributed by atoms with Gasteiger partial charge in [-0.25, -0.2) is 0 Å². The van der Waals surface area contributed by atoms with Crippen molar-refractivity contribution in [2.45, 2.75) is 50.7 Å². The van der Waals surface area contributed by atoms with E-state index in [1.54, 1.807) is 11.8 Å². The molecule has 0 radical (unpaired) electrons. The summed E-state index contributed by atoms with van der Waals surface area (Å²) in [7, 11) is 0. The predicted octanol–water partition coefficient (Wildman–Crippen LogP) is -0.397. The first-order valence-electron chi connectivity index (χ1n) is 5.96. The van der Waals surface area contributed by atoms with Crippen LogP contribution in [0.4, 0.5) is 0 Å². The third kappa shape index (κ3) is 2.35. The summed E-state index contributed by atoms with van der Waals surface area (Å²) in [4.78, 5) is 25.3. The van der Waals surface area contributed by atoms with Crippen LogP contribution in [0.3, 0.4) is 0 Å². The highest BCUT2D eigenvalue weighted by atomic mass is 16.2. The minimum absolute atomic E-state index is 0.00556. The maximum Gasteiger partial charge on any atom is 0.243 e. The summed E-state index contributed by atoms with van der Waals surface area (Å²) in [6, 6.07) is -0.464. The van der Waals surface area contributed by atoms with Crippen molar-refractivity contribution < 1.29 is 9.59 Å². The molecule has 1 saturated heterocycles. The summed E-state index contributed by atoms with van der Waals surface area (Å²) in [6.45, 7) is 2.32. The number of hydrogen-bond acceptors (Lipinski definition) is 3. The molecule has 90 valence electrons. The summed E-state index contributed by atoms with van der Waals surface area (Å²) in [5, 5.41) is 2.95. The van der Waals surface area contributed by atoms with Crippen LogP contribution >= 0.6 is 0 Å². The van der Waals surface area contributed by atoms with Crippen LogP contribution < -0.4 is 11.1 Å². The van der Waals surface area contributed by atoms with Gasteiger partial charge in [-0.15, -0.1) is 0 Å². The lowest BCUT2D eigenvalue weighted by Gasteiger charge is -2.25. The number of likely N-dealkylation sites (tertiary alicyclic amines) is 1. The number of nitrogens with one attached hydrogen (secondary N) is 1. The van der Waals surface area contributed by atoms with Gasteiger partial charge in [0.1, 0.15) is 6.04 Å². The molecule has 1 heterocycles. The Labute approximate surface area is 95.3 Å². The highest BCUT2D eigenvalue weighted by Crippen LogP contribution is 2.22. The van der Waals surface area contributed by atoms with E-state index >= 15 is 0 Å². The number of carbonyl (C=O) groups excluding carboxylic acids is 2. The molecule has 0 aromatic carbocycles. The highest BCUT2D eigenvalue weighted by Gasteiger charge is 2.37. The van der Waals surface area contributed by atoms with Crippen molar-refractivity contribution in [2.75, 3.05) is 6.54 Å². The highest BCUT2D eigenvalue weighted by molar-refractivity contribution is 5.90. The van der Waals surface area contributed by atoms with Crippen molar-refractivity contribution in [3.63, 3.8) is 0 Å². The van der Waals surface area contributed by atoms with Crippen LogP contribution in [0.25, 0.3) is 0 Å². The fourth-order valence-electron chi connectivity index (χ4n) is 2.09. The molecule has 0 spiro atoms. The molecule has 16 heavy (non-hydrogen) atoms. The molecule has 2 unspecified atom stereocenters. The van der Waals surface area contributed by atoms with E-state index in [9.17, 15) is 9.59 Å². The van der Waals surface area contributed by atoms with Crippen LogP contribution in [0.15, 0.2) is 0 Å². The molecular weight excluding hydrogens is 206 g/mol. The lowest BCUT2D eigenvalue weighted by molar-refractivity contribution is -0.139. The van der Waals surface area contributed by atoms with Crippen LogP contribution in [0.5, 0.6) is 0 Å². The van der Waals surface area contributed by atoms with E-state index in [4.69, 9.17) is 5.73 Å². The van der Waals surface area contributed by atoms with Crippen molar-refractivity contribution in [2.24, 2.45) is 5.73 Å². The van der Waals surface area contributed by atoms with Gasteiger partial charge in [-0.3, -0.25) is 9.59 Å². The molecule has 1 saturated carbocycles. The predicted molar refractivity (Wildman–Crippen MR) is 59.5 cm³/mol. The standard InChI is InChI=1S/C11H19N3O2/c1-7(12)11(16)14-6-2-3-9(14)10(15)13-8-4-5-8/h7-9H,2-6,12H2,1H3,(H,13,15). The summed E-state index contributed by atoms with van der Waals surface area (Å²) in [6.07, 6.45) is 3.79. The van der Waals surface area contributed by atoms with Gasteiger partial charge in [0.15, 0.2) is 0 Å². The number of carbonyl (C=O) groups is 2. The van der Waals surface area contributed by atoms with Gasteiger partial charge in [-0.2, -0.15) is 0 Å². The lowest BCUT2D eigenvalue weighted by atomic mass is 10.2. The first-order chi connectivity index (χ1) is 7.59. The Bertz CT molecular complexity index is 300. The number of hydrogen-bond donors (Lipinski definition) is 2. The Morgan fingerprint density at radius 2 is 2.06 bits per heavy atom. The molecule has 0 aromatic heterocycles. The number of nitrogens with zero attached hydrogens (tertiary/aromatic N) is 1. The third-order valence-electron chi connectivity index (χ3n) is 3.15.